The molecule has 0 radical (unpaired) electrons. The molecule has 0 bridgehead atoms. The van der Waals surface area contributed by atoms with Gasteiger partial charge in [-0.1, -0.05) is 50.6 Å². The van der Waals surface area contributed by atoms with E-state index in [1.165, 1.54) is 7.11 Å². The van der Waals surface area contributed by atoms with Crippen molar-refractivity contribution in [3.8, 4) is 0 Å². The van der Waals surface area contributed by atoms with Crippen molar-refractivity contribution >= 4 is 23.6 Å². The summed E-state index contributed by atoms with van der Waals surface area (Å²) in [4.78, 5) is 25.0. The second kappa shape index (κ2) is 13.6. The van der Waals surface area contributed by atoms with Crippen molar-refractivity contribution < 1.29 is 14.3 Å². The Bertz CT molecular complexity index is 586. The van der Waals surface area contributed by atoms with Crippen LogP contribution in [0.15, 0.2) is 30.3 Å². The summed E-state index contributed by atoms with van der Waals surface area (Å²) >= 11 is 1.62. The van der Waals surface area contributed by atoms with Gasteiger partial charge in [0.2, 0.25) is 5.91 Å². The Morgan fingerprint density at radius 1 is 1.21 bits per heavy atom. The van der Waals surface area contributed by atoms with Crippen LogP contribution < -0.4 is 16.4 Å². The fourth-order valence-electron chi connectivity index (χ4n) is 2.79. The van der Waals surface area contributed by atoms with Crippen LogP contribution in [0, 0.1) is 5.92 Å². The zero-order valence-electron chi connectivity index (χ0n) is 17.4. The van der Waals surface area contributed by atoms with Crippen LogP contribution in [0.3, 0.4) is 0 Å². The molecule has 1 aromatic rings. The lowest BCUT2D eigenvalue weighted by Crippen LogP contribution is -2.54. The van der Waals surface area contributed by atoms with Gasteiger partial charge in [0.05, 0.1) is 13.2 Å². The summed E-state index contributed by atoms with van der Waals surface area (Å²) in [6.45, 7) is 4.74. The Hall–Kier alpha value is -1.57. The third-order valence-electron chi connectivity index (χ3n) is 4.99. The maximum absolute atomic E-state index is 13.0. The molecule has 4 atom stereocenters. The number of nitrogens with one attached hydrogen (secondary N) is 2. The lowest BCUT2D eigenvalue weighted by atomic mass is 9.99. The van der Waals surface area contributed by atoms with Gasteiger partial charge in [-0.2, -0.15) is 11.8 Å². The van der Waals surface area contributed by atoms with Gasteiger partial charge in [0, 0.05) is 12.6 Å². The molecule has 0 aliphatic carbocycles. The van der Waals surface area contributed by atoms with Crippen LogP contribution in [0.25, 0.3) is 0 Å². The molecule has 6 nitrogen and oxygen atoms in total. The number of hydrogen-bond donors (Lipinski definition) is 3. The summed E-state index contributed by atoms with van der Waals surface area (Å²) in [5, 5.41) is 6.17. The van der Waals surface area contributed by atoms with Crippen molar-refractivity contribution in [3.05, 3.63) is 35.9 Å². The van der Waals surface area contributed by atoms with E-state index in [1.807, 2.05) is 36.6 Å². The first-order chi connectivity index (χ1) is 13.4. The smallest absolute Gasteiger partial charge is 0.328 e. The number of amides is 1. The van der Waals surface area contributed by atoms with Crippen LogP contribution in [-0.4, -0.2) is 55.7 Å². The number of nitrogens with two attached hydrogens (primary N) is 1. The number of carbonyl (C=O) groups is 2. The molecule has 1 rings (SSSR count). The summed E-state index contributed by atoms with van der Waals surface area (Å²) in [6.07, 6.45) is 4.00. The van der Waals surface area contributed by atoms with Gasteiger partial charge >= 0.3 is 5.97 Å². The second-order valence-electron chi connectivity index (χ2n) is 7.07. The number of methoxy groups -OCH3 is 1. The van der Waals surface area contributed by atoms with Gasteiger partial charge in [-0.05, 0) is 36.3 Å². The predicted molar refractivity (Wildman–Crippen MR) is 116 cm³/mol. The number of rotatable bonds is 13. The molecule has 0 saturated carbocycles. The third-order valence-corrected chi connectivity index (χ3v) is 5.63. The third kappa shape index (κ3) is 8.63. The minimum absolute atomic E-state index is 0.0380. The molecular weight excluding hydrogens is 374 g/mol. The molecular formula is C21H35N3O3S. The minimum atomic E-state index is -0.645. The van der Waals surface area contributed by atoms with Gasteiger partial charge in [-0.25, -0.2) is 4.79 Å². The SMILES string of the molecule is CCC(C)[C@H](N)CN[C@@H](Cc1ccccc1)C(=O)N[C@@H](CCSC)C(=O)OC. The zero-order valence-corrected chi connectivity index (χ0v) is 18.3. The Kier molecular flexibility index (Phi) is 11.9. The molecule has 0 saturated heterocycles. The lowest BCUT2D eigenvalue weighted by Gasteiger charge is -2.25. The lowest BCUT2D eigenvalue weighted by molar-refractivity contribution is -0.145. The van der Waals surface area contributed by atoms with E-state index >= 15 is 0 Å². The van der Waals surface area contributed by atoms with E-state index < -0.39 is 18.1 Å². The van der Waals surface area contributed by atoms with Crippen molar-refractivity contribution in [2.24, 2.45) is 11.7 Å². The standard InChI is InChI=1S/C21H35N3O3S/c1-5-15(2)17(22)14-23-19(13-16-9-7-6-8-10-16)20(25)24-18(11-12-28-4)21(26)27-3/h6-10,15,17-19,23H,5,11-14,22H2,1-4H3,(H,24,25)/t15?,17-,18+,19+/m1/s1. The molecule has 158 valence electrons. The number of ether oxygens (including phenoxy) is 1. The van der Waals surface area contributed by atoms with Crippen molar-refractivity contribution in [2.45, 2.75) is 51.2 Å². The Morgan fingerprint density at radius 2 is 1.89 bits per heavy atom. The van der Waals surface area contributed by atoms with Gasteiger partial charge < -0.3 is 21.1 Å². The quantitative estimate of drug-likeness (QED) is 0.431. The minimum Gasteiger partial charge on any atom is -0.467 e. The molecule has 4 N–H and O–H groups in total. The molecule has 7 heteroatoms. The summed E-state index contributed by atoms with van der Waals surface area (Å²) in [5.41, 5.74) is 7.28. The highest BCUT2D eigenvalue weighted by Crippen LogP contribution is 2.08. The highest BCUT2D eigenvalue weighted by Gasteiger charge is 2.26. The fraction of sp³-hybridized carbons (Fsp3) is 0.619. The Labute approximate surface area is 173 Å². The molecule has 0 aromatic heterocycles. The number of esters is 1. The second-order valence-corrected chi connectivity index (χ2v) is 8.05. The molecule has 0 aliphatic rings. The molecule has 1 unspecified atom stereocenters. The van der Waals surface area contributed by atoms with Crippen LogP contribution in [0.2, 0.25) is 0 Å². The van der Waals surface area contributed by atoms with Crippen molar-refractivity contribution in [1.29, 1.82) is 0 Å². The van der Waals surface area contributed by atoms with E-state index in [0.29, 0.717) is 25.3 Å². The number of carbonyl (C=O) groups excluding carboxylic acids is 2. The molecule has 1 amide bonds. The van der Waals surface area contributed by atoms with Crippen LogP contribution in [0.4, 0.5) is 0 Å². The highest BCUT2D eigenvalue weighted by atomic mass is 32.2. The molecule has 1 aromatic carbocycles. The average Bonchev–Trinajstić information content (AvgIpc) is 2.72. The topological polar surface area (TPSA) is 93.5 Å². The van der Waals surface area contributed by atoms with Gasteiger partial charge in [-0.3, -0.25) is 4.79 Å². The monoisotopic (exact) mass is 409 g/mol. The first kappa shape index (κ1) is 24.5. The number of hydrogen-bond acceptors (Lipinski definition) is 6. The van der Waals surface area contributed by atoms with E-state index in [0.717, 1.165) is 17.7 Å². The molecule has 0 heterocycles. The van der Waals surface area contributed by atoms with Gasteiger partial charge in [0.25, 0.3) is 0 Å². The average molecular weight is 410 g/mol. The zero-order chi connectivity index (χ0) is 20.9. The largest absolute Gasteiger partial charge is 0.467 e. The summed E-state index contributed by atoms with van der Waals surface area (Å²) in [6, 6.07) is 8.66. The Morgan fingerprint density at radius 3 is 2.46 bits per heavy atom. The fourth-order valence-corrected chi connectivity index (χ4v) is 3.26. The van der Waals surface area contributed by atoms with E-state index in [-0.39, 0.29) is 11.9 Å². The highest BCUT2D eigenvalue weighted by molar-refractivity contribution is 7.98. The summed E-state index contributed by atoms with van der Waals surface area (Å²) in [5.74, 6) is 0.488. The van der Waals surface area contributed by atoms with E-state index in [9.17, 15) is 9.59 Å². The summed E-state index contributed by atoms with van der Waals surface area (Å²) in [7, 11) is 1.34. The Balaban J connectivity index is 2.85. The van der Waals surface area contributed by atoms with E-state index in [4.69, 9.17) is 10.5 Å². The number of thioether (sulfide) groups is 1. The summed E-state index contributed by atoms with van der Waals surface area (Å²) < 4.78 is 4.85. The van der Waals surface area contributed by atoms with Crippen LogP contribution in [0.1, 0.15) is 32.3 Å². The first-order valence-electron chi connectivity index (χ1n) is 9.82. The van der Waals surface area contributed by atoms with Gasteiger partial charge in [0.1, 0.15) is 6.04 Å². The maximum atomic E-state index is 13.0. The predicted octanol–water partition coefficient (Wildman–Crippen LogP) is 1.97. The van der Waals surface area contributed by atoms with Crippen LogP contribution in [0.5, 0.6) is 0 Å². The van der Waals surface area contributed by atoms with Crippen molar-refractivity contribution in [1.82, 2.24) is 10.6 Å². The molecule has 28 heavy (non-hydrogen) atoms. The first-order valence-corrected chi connectivity index (χ1v) is 11.2. The van der Waals surface area contributed by atoms with Crippen molar-refractivity contribution in [3.63, 3.8) is 0 Å². The van der Waals surface area contributed by atoms with E-state index in [1.54, 1.807) is 11.8 Å². The van der Waals surface area contributed by atoms with Crippen molar-refractivity contribution in [2.75, 3.05) is 25.7 Å². The van der Waals surface area contributed by atoms with Crippen LogP contribution >= 0.6 is 11.8 Å². The normalized spacial score (nSPS) is 15.3. The maximum Gasteiger partial charge on any atom is 0.328 e. The van der Waals surface area contributed by atoms with Gasteiger partial charge in [-0.15, -0.1) is 0 Å². The van der Waals surface area contributed by atoms with Gasteiger partial charge in [0.15, 0.2) is 0 Å². The molecule has 0 spiro atoms. The molecule has 0 aliphatic heterocycles. The number of benzene rings is 1. The molecule has 0 fully saturated rings. The van der Waals surface area contributed by atoms with Crippen LogP contribution in [-0.2, 0) is 20.7 Å². The van der Waals surface area contributed by atoms with E-state index in [2.05, 4.69) is 24.5 Å².